The summed E-state index contributed by atoms with van der Waals surface area (Å²) in [6.07, 6.45) is 1.79. The highest BCUT2D eigenvalue weighted by atomic mass is 16.4. The molecule has 17 heavy (non-hydrogen) atoms. The molecule has 0 unspecified atom stereocenters. The number of ketones is 1. The number of pyridine rings is 1. The number of carboxylic acids is 1. The molecular formula is C12H13NO4. The van der Waals surface area contributed by atoms with Crippen molar-refractivity contribution in [2.24, 2.45) is 0 Å². The molecule has 1 aliphatic rings. The van der Waals surface area contributed by atoms with Crippen LogP contribution in [0.2, 0.25) is 0 Å². The van der Waals surface area contributed by atoms with Gasteiger partial charge in [0.05, 0.1) is 6.42 Å². The van der Waals surface area contributed by atoms with E-state index in [9.17, 15) is 14.4 Å². The average Bonchev–Trinajstić information content (AvgIpc) is 2.27. The normalized spacial score (nSPS) is 14.5. The molecule has 1 N–H and O–H groups in total. The number of carbonyl (C=O) groups is 2. The van der Waals surface area contributed by atoms with Gasteiger partial charge < -0.3 is 9.67 Å². The number of fused-ring (bicyclic) bond motifs is 1. The Kier molecular flexibility index (Phi) is 3.08. The summed E-state index contributed by atoms with van der Waals surface area (Å²) in [5.74, 6) is -0.910. The minimum absolute atomic E-state index is 0.0373. The van der Waals surface area contributed by atoms with Crippen LogP contribution in [0.5, 0.6) is 0 Å². The predicted molar refractivity (Wildman–Crippen MR) is 60.2 cm³/mol. The van der Waals surface area contributed by atoms with E-state index in [-0.39, 0.29) is 24.3 Å². The number of aromatic nitrogens is 1. The largest absolute Gasteiger partial charge is 0.481 e. The third-order valence-corrected chi connectivity index (χ3v) is 2.96. The van der Waals surface area contributed by atoms with Crippen LogP contribution in [0.1, 0.15) is 35.3 Å². The van der Waals surface area contributed by atoms with Gasteiger partial charge in [0.1, 0.15) is 0 Å². The molecule has 0 aliphatic heterocycles. The van der Waals surface area contributed by atoms with Crippen LogP contribution < -0.4 is 5.56 Å². The van der Waals surface area contributed by atoms with Gasteiger partial charge in [-0.25, -0.2) is 0 Å². The molecule has 0 saturated carbocycles. The van der Waals surface area contributed by atoms with E-state index in [0.717, 1.165) is 6.42 Å². The Morgan fingerprint density at radius 1 is 1.29 bits per heavy atom. The summed E-state index contributed by atoms with van der Waals surface area (Å²) >= 11 is 0. The number of hydrogen-bond acceptors (Lipinski definition) is 3. The molecule has 0 spiro atoms. The van der Waals surface area contributed by atoms with Crippen molar-refractivity contribution < 1.29 is 14.7 Å². The summed E-state index contributed by atoms with van der Waals surface area (Å²) in [6.45, 7) is 0.130. The van der Waals surface area contributed by atoms with Gasteiger partial charge in [-0.1, -0.05) is 0 Å². The minimum Gasteiger partial charge on any atom is -0.481 e. The van der Waals surface area contributed by atoms with Gasteiger partial charge in [-0.2, -0.15) is 0 Å². The number of carboxylic acid groups (broad SMARTS) is 1. The lowest BCUT2D eigenvalue weighted by Gasteiger charge is -2.19. The molecule has 0 saturated heterocycles. The zero-order valence-electron chi connectivity index (χ0n) is 9.31. The van der Waals surface area contributed by atoms with E-state index in [2.05, 4.69) is 0 Å². The molecular weight excluding hydrogens is 222 g/mol. The standard InChI is InChI=1S/C12H13NO4/c14-10-3-1-2-9-8(10)4-5-11(15)13(9)7-6-12(16)17/h4-5H,1-3,6-7H2,(H,16,17). The lowest BCUT2D eigenvalue weighted by Crippen LogP contribution is -2.28. The zero-order valence-corrected chi connectivity index (χ0v) is 9.31. The Hall–Kier alpha value is -1.91. The fraction of sp³-hybridized carbons (Fsp3) is 0.417. The fourth-order valence-corrected chi connectivity index (χ4v) is 2.15. The summed E-state index contributed by atoms with van der Waals surface area (Å²) in [5, 5.41) is 8.64. The van der Waals surface area contributed by atoms with Crippen LogP contribution in [0.4, 0.5) is 0 Å². The summed E-state index contributed by atoms with van der Waals surface area (Å²) < 4.78 is 1.42. The number of aliphatic carboxylic acids is 1. The van der Waals surface area contributed by atoms with Crippen LogP contribution >= 0.6 is 0 Å². The molecule has 0 atom stereocenters. The van der Waals surface area contributed by atoms with Gasteiger partial charge in [0.15, 0.2) is 5.78 Å². The van der Waals surface area contributed by atoms with Crippen LogP contribution in [-0.4, -0.2) is 21.4 Å². The van der Waals surface area contributed by atoms with E-state index < -0.39 is 5.97 Å². The highest BCUT2D eigenvalue weighted by Gasteiger charge is 2.20. The Labute approximate surface area is 97.7 Å². The molecule has 2 rings (SSSR count). The maximum absolute atomic E-state index is 11.7. The van der Waals surface area contributed by atoms with Crippen molar-refractivity contribution >= 4 is 11.8 Å². The maximum atomic E-state index is 11.7. The fourth-order valence-electron chi connectivity index (χ4n) is 2.15. The van der Waals surface area contributed by atoms with Gasteiger partial charge in [-0.3, -0.25) is 14.4 Å². The van der Waals surface area contributed by atoms with Gasteiger partial charge in [0, 0.05) is 30.3 Å². The van der Waals surface area contributed by atoms with Crippen molar-refractivity contribution in [2.75, 3.05) is 0 Å². The van der Waals surface area contributed by atoms with Crippen molar-refractivity contribution in [2.45, 2.75) is 32.2 Å². The second-order valence-corrected chi connectivity index (χ2v) is 4.10. The SMILES string of the molecule is O=C(O)CCn1c2c(ccc1=O)C(=O)CCC2. The molecule has 0 bridgehead atoms. The van der Waals surface area contributed by atoms with E-state index in [4.69, 9.17) is 5.11 Å². The van der Waals surface area contributed by atoms with Crippen molar-refractivity contribution in [3.8, 4) is 0 Å². The Balaban J connectivity index is 2.43. The van der Waals surface area contributed by atoms with Gasteiger partial charge >= 0.3 is 5.97 Å². The van der Waals surface area contributed by atoms with E-state index in [1.165, 1.54) is 10.6 Å². The van der Waals surface area contributed by atoms with Crippen LogP contribution in [0.15, 0.2) is 16.9 Å². The Morgan fingerprint density at radius 3 is 2.76 bits per heavy atom. The molecule has 1 heterocycles. The molecule has 90 valence electrons. The van der Waals surface area contributed by atoms with Gasteiger partial charge in [0.25, 0.3) is 5.56 Å². The first-order valence-corrected chi connectivity index (χ1v) is 5.57. The first kappa shape index (κ1) is 11.6. The number of Topliss-reactive ketones (excluding diaryl/α,β-unsaturated/α-hetero) is 1. The lowest BCUT2D eigenvalue weighted by molar-refractivity contribution is -0.137. The molecule has 1 aromatic heterocycles. The first-order valence-electron chi connectivity index (χ1n) is 5.57. The Bertz CT molecular complexity index is 530. The van der Waals surface area contributed by atoms with Gasteiger partial charge in [-0.05, 0) is 18.9 Å². The van der Waals surface area contributed by atoms with Crippen molar-refractivity contribution in [1.82, 2.24) is 4.57 Å². The van der Waals surface area contributed by atoms with Crippen molar-refractivity contribution in [3.05, 3.63) is 33.7 Å². The number of carbonyl (C=O) groups excluding carboxylic acids is 1. The van der Waals surface area contributed by atoms with Crippen LogP contribution in [0.3, 0.4) is 0 Å². The second kappa shape index (κ2) is 4.53. The van der Waals surface area contributed by atoms with E-state index in [1.807, 2.05) is 0 Å². The minimum atomic E-state index is -0.948. The van der Waals surface area contributed by atoms with E-state index in [0.29, 0.717) is 24.1 Å². The summed E-state index contributed by atoms with van der Waals surface area (Å²) in [6, 6.07) is 2.89. The average molecular weight is 235 g/mol. The molecule has 5 heteroatoms. The Morgan fingerprint density at radius 2 is 2.06 bits per heavy atom. The number of rotatable bonds is 3. The molecule has 1 aliphatic carbocycles. The van der Waals surface area contributed by atoms with E-state index in [1.54, 1.807) is 6.07 Å². The number of nitrogens with zero attached hydrogens (tertiary/aromatic N) is 1. The topological polar surface area (TPSA) is 76.4 Å². The summed E-state index contributed by atoms with van der Waals surface area (Å²) in [4.78, 5) is 33.9. The number of hydrogen-bond donors (Lipinski definition) is 1. The maximum Gasteiger partial charge on any atom is 0.305 e. The van der Waals surface area contributed by atoms with Crippen LogP contribution in [-0.2, 0) is 17.8 Å². The quantitative estimate of drug-likeness (QED) is 0.842. The molecule has 0 amide bonds. The highest BCUT2D eigenvalue weighted by molar-refractivity contribution is 5.97. The first-order chi connectivity index (χ1) is 8.09. The third kappa shape index (κ3) is 2.27. The van der Waals surface area contributed by atoms with Gasteiger partial charge in [-0.15, -0.1) is 0 Å². The molecule has 0 fully saturated rings. The smallest absolute Gasteiger partial charge is 0.305 e. The summed E-state index contributed by atoms with van der Waals surface area (Å²) in [7, 11) is 0. The molecule has 5 nitrogen and oxygen atoms in total. The molecule has 0 radical (unpaired) electrons. The molecule has 1 aromatic rings. The van der Waals surface area contributed by atoms with Gasteiger partial charge in [0.2, 0.25) is 0 Å². The zero-order chi connectivity index (χ0) is 12.4. The lowest BCUT2D eigenvalue weighted by atomic mass is 9.94. The monoisotopic (exact) mass is 235 g/mol. The highest BCUT2D eigenvalue weighted by Crippen LogP contribution is 2.19. The van der Waals surface area contributed by atoms with Crippen molar-refractivity contribution in [1.29, 1.82) is 0 Å². The van der Waals surface area contributed by atoms with Crippen LogP contribution in [0.25, 0.3) is 0 Å². The predicted octanol–water partition coefficient (Wildman–Crippen LogP) is 0.842. The van der Waals surface area contributed by atoms with E-state index >= 15 is 0 Å². The second-order valence-electron chi connectivity index (χ2n) is 4.10. The molecule has 0 aromatic carbocycles. The van der Waals surface area contributed by atoms with Crippen molar-refractivity contribution in [3.63, 3.8) is 0 Å². The van der Waals surface area contributed by atoms with Crippen LogP contribution in [0, 0.1) is 0 Å². The summed E-state index contributed by atoms with van der Waals surface area (Å²) in [5.41, 5.74) is 1.02. The third-order valence-electron chi connectivity index (χ3n) is 2.96.